The highest BCUT2D eigenvalue weighted by atomic mass is 16.8. The number of amides is 2. The molecular formula is C35H54N2O29. The van der Waals surface area contributed by atoms with Crippen LogP contribution in [0.5, 0.6) is 0 Å². The number of hydrogen-bond acceptors (Lipinski definition) is 26. The minimum Gasteiger partial charge on any atom is -0.479 e. The van der Waals surface area contributed by atoms with Gasteiger partial charge in [0.1, 0.15) is 104 Å². The molecule has 5 saturated heterocycles. The normalized spacial score (nSPS) is 46.5. The highest BCUT2D eigenvalue weighted by Crippen LogP contribution is 2.36. The van der Waals surface area contributed by atoms with Crippen LogP contribution in [0.15, 0.2) is 0 Å². The predicted molar refractivity (Wildman–Crippen MR) is 196 cm³/mol. The van der Waals surface area contributed by atoms with E-state index in [9.17, 15) is 95.5 Å². The van der Waals surface area contributed by atoms with Crippen LogP contribution in [-0.4, -0.2) is 275 Å². The first kappa shape index (κ1) is 53.5. The maximum atomic E-state index is 12.8. The molecule has 0 aromatic rings. The zero-order chi connectivity index (χ0) is 49.2. The number of nitrogens with one attached hydrogen (secondary N) is 2. The van der Waals surface area contributed by atoms with Crippen LogP contribution >= 0.6 is 0 Å². The number of ether oxygens (including phenoxy) is 10. The minimum atomic E-state index is -2.44. The Morgan fingerprint density at radius 1 is 0.424 bits per heavy atom. The lowest BCUT2D eigenvalue weighted by Gasteiger charge is -2.50. The summed E-state index contributed by atoms with van der Waals surface area (Å²) in [7, 11) is 1.03. The summed E-state index contributed by atoms with van der Waals surface area (Å²) in [5.41, 5.74) is 0. The van der Waals surface area contributed by atoms with Gasteiger partial charge in [0.2, 0.25) is 11.8 Å². The van der Waals surface area contributed by atoms with Crippen LogP contribution in [0.25, 0.3) is 0 Å². The largest absolute Gasteiger partial charge is 0.479 e. The van der Waals surface area contributed by atoms with Gasteiger partial charge < -0.3 is 129 Å². The van der Waals surface area contributed by atoms with E-state index in [0.717, 1.165) is 21.0 Å². The van der Waals surface area contributed by atoms with E-state index in [0.29, 0.717) is 0 Å². The first-order valence-electron chi connectivity index (χ1n) is 20.0. The van der Waals surface area contributed by atoms with Crippen molar-refractivity contribution in [3.05, 3.63) is 0 Å². The average molecular weight is 967 g/mol. The van der Waals surface area contributed by atoms with Gasteiger partial charge in [0, 0.05) is 21.0 Å². The van der Waals surface area contributed by atoms with E-state index < -0.39 is 196 Å². The number of aliphatic hydroxyl groups excluding tert-OH is 11. The SMILES string of the molecule is CO[C@@H]1O[C@H](C(=O)O)[C@@H](O[C@@H]2O[C@H](CO)[C@@H](O)[C@H](O[C@@H]3O[C@H](C(=O)O)[C@@H](O[C@@H]4O[C@H](CO)[C@@H](O)[C@H](O[C@@H]5O[C@H](C(=O)O)[C@@H](O)[C@H](O)[C@H]5O)[C@H]4NC(C)=O)[C@H](O)[C@H]3O)[C@H]2NC(C)=O)[C@H](O)[C@H]1O. The average Bonchev–Trinajstić information content (AvgIpc) is 3.25. The van der Waals surface area contributed by atoms with Crippen LogP contribution in [0, 0.1) is 0 Å². The van der Waals surface area contributed by atoms with E-state index in [1.807, 2.05) is 0 Å². The smallest absolute Gasteiger partial charge is 0.335 e. The molecule has 5 rings (SSSR count). The van der Waals surface area contributed by atoms with Gasteiger partial charge in [0.15, 0.2) is 49.8 Å². The molecule has 0 aromatic carbocycles. The van der Waals surface area contributed by atoms with Gasteiger partial charge in [0.05, 0.1) is 13.2 Å². The molecule has 0 unspecified atom stereocenters. The fraction of sp³-hybridized carbons (Fsp3) is 0.857. The maximum Gasteiger partial charge on any atom is 0.335 e. The molecule has 31 heteroatoms. The van der Waals surface area contributed by atoms with Crippen LogP contribution in [0.3, 0.4) is 0 Å². The summed E-state index contributed by atoms with van der Waals surface area (Å²) in [5, 5.41) is 152. The lowest BCUT2D eigenvalue weighted by atomic mass is 9.93. The maximum absolute atomic E-state index is 12.8. The number of carboxylic acids is 3. The zero-order valence-electron chi connectivity index (χ0n) is 34.7. The van der Waals surface area contributed by atoms with E-state index >= 15 is 0 Å². The van der Waals surface area contributed by atoms with E-state index in [4.69, 9.17) is 47.4 Å². The molecule has 31 nitrogen and oxygen atoms in total. The number of carbonyl (C=O) groups is 5. The topological polar surface area (TPSA) is 485 Å². The van der Waals surface area contributed by atoms with Gasteiger partial charge in [-0.25, -0.2) is 14.4 Å². The number of aliphatic hydroxyl groups is 11. The summed E-state index contributed by atoms with van der Waals surface area (Å²) in [5.74, 6) is -7.36. The summed E-state index contributed by atoms with van der Waals surface area (Å²) >= 11 is 0. The first-order chi connectivity index (χ1) is 31.0. The van der Waals surface area contributed by atoms with Crippen molar-refractivity contribution < 1.29 is 143 Å². The molecule has 0 saturated carbocycles. The van der Waals surface area contributed by atoms with Crippen molar-refractivity contribution in [2.45, 2.75) is 167 Å². The molecule has 5 aliphatic heterocycles. The quantitative estimate of drug-likeness (QED) is 0.0683. The summed E-state index contributed by atoms with van der Waals surface area (Å²) in [6, 6.07) is -3.73. The molecule has 16 N–H and O–H groups in total. The minimum absolute atomic E-state index is 0.910. The molecule has 0 aromatic heterocycles. The molecule has 0 spiro atoms. The summed E-state index contributed by atoms with van der Waals surface area (Å²) < 4.78 is 54.8. The number of rotatable bonds is 16. The van der Waals surface area contributed by atoms with E-state index in [1.165, 1.54) is 0 Å². The molecule has 0 radical (unpaired) electrons. The molecule has 5 aliphatic rings. The number of carbonyl (C=O) groups excluding carboxylic acids is 2. The highest BCUT2D eigenvalue weighted by molar-refractivity contribution is 5.75. The molecule has 0 bridgehead atoms. The Kier molecular flexibility index (Phi) is 18.1. The lowest BCUT2D eigenvalue weighted by molar-refractivity contribution is -0.374. The zero-order valence-corrected chi connectivity index (χ0v) is 34.7. The van der Waals surface area contributed by atoms with Crippen molar-refractivity contribution in [3.8, 4) is 0 Å². The van der Waals surface area contributed by atoms with Crippen molar-refractivity contribution >= 4 is 29.7 Å². The molecule has 25 atom stereocenters. The van der Waals surface area contributed by atoms with Crippen molar-refractivity contribution in [2.24, 2.45) is 0 Å². The second kappa shape index (κ2) is 22.3. The van der Waals surface area contributed by atoms with Gasteiger partial charge >= 0.3 is 17.9 Å². The standard InChI is InChI=1S/C35H54N2O29/c1-6(40)36-10-21(60-34-18(48)14(44)15(45)25(64-34)28(51)52)12(42)8(4-38)59-32(10)63-24-17(47)20(50)35(66-27(24)30(55)56)61-22-11(37-7(2)41)31(58-9(5-39)13(22)43)62-23-16(46)19(49)33(57-3)65-26(23)29(53)54/h8-27,31-35,38-39,42-50H,4-5H2,1-3H3,(H,36,40)(H,37,41)(H,51,52)(H,53,54)(H,55,56)/t8-,9-,10-,11-,12-,13-,14+,15+,16-,17-,18-,19-,20-,21-,22-,23+,24+,25+,26+,27+,31+,32+,33-,34-,35-/m1/s1. The Bertz CT molecular complexity index is 1700. The molecule has 5 heterocycles. The van der Waals surface area contributed by atoms with E-state index in [1.54, 1.807) is 0 Å². The van der Waals surface area contributed by atoms with Crippen molar-refractivity contribution in [3.63, 3.8) is 0 Å². The number of carboxylic acid groups (broad SMARTS) is 3. The van der Waals surface area contributed by atoms with Gasteiger partial charge in [-0.2, -0.15) is 0 Å². The van der Waals surface area contributed by atoms with Crippen LogP contribution in [0.2, 0.25) is 0 Å². The van der Waals surface area contributed by atoms with Gasteiger partial charge in [-0.3, -0.25) is 9.59 Å². The third-order valence-electron chi connectivity index (χ3n) is 11.2. The third kappa shape index (κ3) is 11.2. The first-order valence-corrected chi connectivity index (χ1v) is 20.0. The highest BCUT2D eigenvalue weighted by Gasteiger charge is 2.59. The van der Waals surface area contributed by atoms with E-state index in [2.05, 4.69) is 10.6 Å². The second-order valence-electron chi connectivity index (χ2n) is 15.7. The molecular weight excluding hydrogens is 912 g/mol. The predicted octanol–water partition coefficient (Wildman–Crippen LogP) is -10.7. The lowest BCUT2D eigenvalue weighted by Crippen LogP contribution is -2.71. The molecule has 0 aliphatic carbocycles. The fourth-order valence-corrected chi connectivity index (χ4v) is 7.93. The number of methoxy groups -OCH3 is 1. The third-order valence-corrected chi connectivity index (χ3v) is 11.2. The van der Waals surface area contributed by atoms with Crippen LogP contribution in [-0.2, 0) is 71.3 Å². The Hall–Kier alpha value is -3.49. The fourth-order valence-electron chi connectivity index (χ4n) is 7.93. The molecule has 2 amide bonds. The Morgan fingerprint density at radius 3 is 1.11 bits per heavy atom. The molecule has 378 valence electrons. The summed E-state index contributed by atoms with van der Waals surface area (Å²) in [6.45, 7) is -0.254. The Balaban J connectivity index is 1.43. The van der Waals surface area contributed by atoms with Crippen LogP contribution < -0.4 is 10.6 Å². The number of aliphatic carboxylic acids is 3. The van der Waals surface area contributed by atoms with E-state index in [-0.39, 0.29) is 0 Å². The van der Waals surface area contributed by atoms with Crippen molar-refractivity contribution in [2.75, 3.05) is 20.3 Å². The summed E-state index contributed by atoms with van der Waals surface area (Å²) in [4.78, 5) is 61.6. The Labute approximate surface area is 370 Å². The van der Waals surface area contributed by atoms with Crippen LogP contribution in [0.4, 0.5) is 0 Å². The van der Waals surface area contributed by atoms with Gasteiger partial charge in [-0.15, -0.1) is 0 Å². The summed E-state index contributed by atoms with van der Waals surface area (Å²) in [6.07, 6.45) is -48.6. The Morgan fingerprint density at radius 2 is 0.758 bits per heavy atom. The number of hydrogen-bond donors (Lipinski definition) is 16. The molecule has 5 fully saturated rings. The van der Waals surface area contributed by atoms with Gasteiger partial charge in [0.25, 0.3) is 0 Å². The van der Waals surface area contributed by atoms with Crippen molar-refractivity contribution in [1.29, 1.82) is 0 Å². The van der Waals surface area contributed by atoms with Crippen LogP contribution in [0.1, 0.15) is 13.8 Å². The van der Waals surface area contributed by atoms with Gasteiger partial charge in [-0.05, 0) is 0 Å². The monoisotopic (exact) mass is 966 g/mol. The van der Waals surface area contributed by atoms with Gasteiger partial charge in [-0.1, -0.05) is 0 Å². The van der Waals surface area contributed by atoms with Crippen molar-refractivity contribution in [1.82, 2.24) is 10.6 Å². The second-order valence-corrected chi connectivity index (χ2v) is 15.7. The molecule has 66 heavy (non-hydrogen) atoms.